The normalized spacial score (nSPS) is 12.6. The van der Waals surface area contributed by atoms with Crippen LogP contribution in [0.3, 0.4) is 0 Å². The molecule has 2 rings (SSSR count). The minimum absolute atomic E-state index is 0.101. The van der Waals surface area contributed by atoms with Crippen molar-refractivity contribution in [2.45, 2.75) is 18.8 Å². The zero-order valence-electron chi connectivity index (χ0n) is 11.9. The first-order chi connectivity index (χ1) is 10.1. The first-order valence-corrected chi connectivity index (χ1v) is 7.11. The van der Waals surface area contributed by atoms with Crippen molar-refractivity contribution < 1.29 is 13.9 Å². The minimum Gasteiger partial charge on any atom is -0.383 e. The monoisotopic (exact) mass is 313 g/mol. The molecular weight excluding hydrogens is 297 g/mol. The zero-order chi connectivity index (χ0) is 15.4. The summed E-state index contributed by atoms with van der Waals surface area (Å²) in [6.45, 7) is 2.57. The van der Waals surface area contributed by atoms with Crippen LogP contribution in [0.4, 0.5) is 4.39 Å². The van der Waals surface area contributed by atoms with E-state index in [2.05, 4.69) is 10.3 Å². The first kappa shape index (κ1) is 15.7. The van der Waals surface area contributed by atoms with Gasteiger partial charge in [-0.05, 0) is 19.1 Å². The minimum atomic E-state index is -0.539. The van der Waals surface area contributed by atoms with E-state index in [0.717, 1.165) is 0 Å². The molecule has 0 aliphatic rings. The van der Waals surface area contributed by atoms with Crippen molar-refractivity contribution in [2.75, 3.05) is 20.3 Å². The van der Waals surface area contributed by atoms with E-state index in [1.807, 2.05) is 0 Å². The number of hydrogen-bond acceptors (Lipinski definition) is 3. The molecule has 1 unspecified atom stereocenters. The number of rotatable bonds is 6. The van der Waals surface area contributed by atoms with Gasteiger partial charge in [-0.3, -0.25) is 4.79 Å². The Morgan fingerprint density at radius 1 is 1.57 bits per heavy atom. The van der Waals surface area contributed by atoms with E-state index in [9.17, 15) is 9.18 Å². The van der Waals surface area contributed by atoms with Gasteiger partial charge in [0.05, 0.1) is 18.0 Å². The number of methoxy groups -OCH3 is 1. The lowest BCUT2D eigenvalue weighted by Crippen LogP contribution is -2.33. The summed E-state index contributed by atoms with van der Waals surface area (Å²) in [4.78, 5) is 16.3. The quantitative estimate of drug-likeness (QED) is 0.657. The van der Waals surface area contributed by atoms with Gasteiger partial charge < -0.3 is 14.6 Å². The Morgan fingerprint density at radius 2 is 2.33 bits per heavy atom. The van der Waals surface area contributed by atoms with E-state index >= 15 is 0 Å². The molecule has 1 amide bonds. The smallest absolute Gasteiger partial charge is 0.242 e. The molecule has 0 saturated carbocycles. The van der Waals surface area contributed by atoms with E-state index in [0.29, 0.717) is 24.5 Å². The third-order valence-electron chi connectivity index (χ3n) is 3.24. The van der Waals surface area contributed by atoms with Gasteiger partial charge in [-0.2, -0.15) is 0 Å². The molecule has 0 saturated heterocycles. The molecule has 1 aromatic carbocycles. The molecule has 21 heavy (non-hydrogen) atoms. The highest BCUT2D eigenvalue weighted by Crippen LogP contribution is 2.24. The van der Waals surface area contributed by atoms with E-state index in [1.165, 1.54) is 6.07 Å². The number of carbonyl (C=O) groups is 1. The summed E-state index contributed by atoms with van der Waals surface area (Å²) in [5.74, 6) is -0.0539. The third-order valence-corrected chi connectivity index (χ3v) is 3.47. The Hall–Kier alpha value is -1.66. The number of alkyl halides is 1. The summed E-state index contributed by atoms with van der Waals surface area (Å²) in [5, 5.41) is 2.75. The standard InChI is InChI=1S/C14H17ClFN3O2/c1-9(14(20)17-6-7-21-2)19-11-5-3-4-10(16)13(11)18-12(19)8-15/h3-5,9H,6-8H2,1-2H3,(H,17,20). The number of para-hydroxylation sites is 1. The van der Waals surface area contributed by atoms with E-state index in [-0.39, 0.29) is 17.3 Å². The molecule has 1 atom stereocenters. The first-order valence-electron chi connectivity index (χ1n) is 6.58. The van der Waals surface area contributed by atoms with Crippen molar-refractivity contribution in [1.29, 1.82) is 0 Å². The van der Waals surface area contributed by atoms with Gasteiger partial charge in [0.2, 0.25) is 5.91 Å². The van der Waals surface area contributed by atoms with Crippen LogP contribution in [0, 0.1) is 5.82 Å². The van der Waals surface area contributed by atoms with Gasteiger partial charge in [-0.15, -0.1) is 11.6 Å². The molecule has 1 heterocycles. The number of amides is 1. The largest absolute Gasteiger partial charge is 0.383 e. The Bertz CT molecular complexity index is 644. The van der Waals surface area contributed by atoms with Crippen LogP contribution in [0.1, 0.15) is 18.8 Å². The van der Waals surface area contributed by atoms with Crippen LogP contribution in [-0.4, -0.2) is 35.7 Å². The highest BCUT2D eigenvalue weighted by atomic mass is 35.5. The highest BCUT2D eigenvalue weighted by Gasteiger charge is 2.22. The molecule has 0 fully saturated rings. The Kier molecular flexibility index (Phi) is 5.14. The van der Waals surface area contributed by atoms with Crippen LogP contribution in [0.25, 0.3) is 11.0 Å². The molecule has 0 spiro atoms. The molecule has 1 N–H and O–H groups in total. The molecule has 2 aromatic rings. The molecule has 7 heteroatoms. The molecule has 0 aliphatic heterocycles. The number of hydrogen-bond donors (Lipinski definition) is 1. The average molecular weight is 314 g/mol. The molecular formula is C14H17ClFN3O2. The summed E-state index contributed by atoms with van der Waals surface area (Å²) < 4.78 is 20.3. The fourth-order valence-electron chi connectivity index (χ4n) is 2.20. The van der Waals surface area contributed by atoms with Crippen LogP contribution in [0.5, 0.6) is 0 Å². The average Bonchev–Trinajstić information content (AvgIpc) is 2.86. The Morgan fingerprint density at radius 3 is 3.00 bits per heavy atom. The summed E-state index contributed by atoms with van der Waals surface area (Å²) >= 11 is 5.87. The predicted octanol–water partition coefficient (Wildman–Crippen LogP) is 2.24. The number of fused-ring (bicyclic) bond motifs is 1. The van der Waals surface area contributed by atoms with Gasteiger partial charge in [0.15, 0.2) is 5.82 Å². The van der Waals surface area contributed by atoms with E-state index in [1.54, 1.807) is 30.7 Å². The fraction of sp³-hybridized carbons (Fsp3) is 0.429. The maximum atomic E-state index is 13.8. The summed E-state index contributed by atoms with van der Waals surface area (Å²) in [6.07, 6.45) is 0. The second-order valence-corrected chi connectivity index (χ2v) is 4.87. The predicted molar refractivity (Wildman–Crippen MR) is 78.8 cm³/mol. The van der Waals surface area contributed by atoms with E-state index < -0.39 is 11.9 Å². The number of benzene rings is 1. The van der Waals surface area contributed by atoms with Crippen molar-refractivity contribution in [3.05, 3.63) is 29.8 Å². The van der Waals surface area contributed by atoms with Gasteiger partial charge in [0.1, 0.15) is 17.4 Å². The maximum absolute atomic E-state index is 13.8. The van der Waals surface area contributed by atoms with Gasteiger partial charge in [0.25, 0.3) is 0 Å². The number of nitrogens with zero attached hydrogens (tertiary/aromatic N) is 2. The van der Waals surface area contributed by atoms with E-state index in [4.69, 9.17) is 16.3 Å². The Labute approximate surface area is 127 Å². The summed E-state index contributed by atoms with van der Waals surface area (Å²) in [6, 6.07) is 4.10. The second-order valence-electron chi connectivity index (χ2n) is 4.60. The lowest BCUT2D eigenvalue weighted by atomic mass is 10.2. The SMILES string of the molecule is COCCNC(=O)C(C)n1c(CCl)nc2c(F)cccc21. The van der Waals surface area contributed by atoms with Crippen LogP contribution in [0.2, 0.25) is 0 Å². The number of imidazole rings is 1. The van der Waals surface area contributed by atoms with Crippen molar-refractivity contribution in [2.24, 2.45) is 0 Å². The molecule has 0 aliphatic carbocycles. The molecule has 0 bridgehead atoms. The second kappa shape index (κ2) is 6.87. The lowest BCUT2D eigenvalue weighted by Gasteiger charge is -2.16. The fourth-order valence-corrected chi connectivity index (χ4v) is 2.39. The lowest BCUT2D eigenvalue weighted by molar-refractivity contribution is -0.124. The molecule has 114 valence electrons. The third kappa shape index (κ3) is 3.16. The number of carbonyl (C=O) groups excluding carboxylic acids is 1. The molecule has 0 radical (unpaired) electrons. The van der Waals surface area contributed by atoms with Gasteiger partial charge in [-0.25, -0.2) is 9.37 Å². The van der Waals surface area contributed by atoms with Crippen LogP contribution in [0.15, 0.2) is 18.2 Å². The van der Waals surface area contributed by atoms with Crippen LogP contribution >= 0.6 is 11.6 Å². The van der Waals surface area contributed by atoms with Crippen molar-refractivity contribution >= 4 is 28.5 Å². The highest BCUT2D eigenvalue weighted by molar-refractivity contribution is 6.17. The number of ether oxygens (including phenoxy) is 1. The molecule has 1 aromatic heterocycles. The number of halogens is 2. The maximum Gasteiger partial charge on any atom is 0.242 e. The number of aromatic nitrogens is 2. The van der Waals surface area contributed by atoms with Gasteiger partial charge in [0, 0.05) is 13.7 Å². The van der Waals surface area contributed by atoms with Gasteiger partial charge in [-0.1, -0.05) is 6.07 Å². The number of nitrogens with one attached hydrogen (secondary N) is 1. The molecule has 5 nitrogen and oxygen atoms in total. The summed E-state index contributed by atoms with van der Waals surface area (Å²) in [5.41, 5.74) is 0.782. The van der Waals surface area contributed by atoms with Crippen LogP contribution in [-0.2, 0) is 15.4 Å². The van der Waals surface area contributed by atoms with Gasteiger partial charge >= 0.3 is 0 Å². The summed E-state index contributed by atoms with van der Waals surface area (Å²) in [7, 11) is 1.56. The van der Waals surface area contributed by atoms with Crippen molar-refractivity contribution in [1.82, 2.24) is 14.9 Å². The van der Waals surface area contributed by atoms with Crippen molar-refractivity contribution in [3.63, 3.8) is 0 Å². The topological polar surface area (TPSA) is 56.1 Å². The zero-order valence-corrected chi connectivity index (χ0v) is 12.7. The van der Waals surface area contributed by atoms with Crippen molar-refractivity contribution in [3.8, 4) is 0 Å². The Balaban J connectivity index is 2.35. The van der Waals surface area contributed by atoms with Crippen LogP contribution < -0.4 is 5.32 Å².